The van der Waals surface area contributed by atoms with E-state index >= 15 is 0 Å². The number of hydrogen-bond donors (Lipinski definition) is 1. The fourth-order valence-corrected chi connectivity index (χ4v) is 4.03. The van der Waals surface area contributed by atoms with E-state index in [1.165, 1.54) is 0 Å². The Kier molecular flexibility index (Phi) is 6.99. The van der Waals surface area contributed by atoms with Gasteiger partial charge in [0.25, 0.3) is 0 Å². The number of carboxylic acid groups (broad SMARTS) is 1. The van der Waals surface area contributed by atoms with Crippen molar-refractivity contribution >= 4 is 5.97 Å². The summed E-state index contributed by atoms with van der Waals surface area (Å²) in [6.07, 6.45) is 1.27. The second kappa shape index (κ2) is 9.65. The Morgan fingerprint density at radius 3 is 2.34 bits per heavy atom. The van der Waals surface area contributed by atoms with Gasteiger partial charge in [-0.2, -0.15) is 0 Å². The first-order chi connectivity index (χ1) is 14.1. The molecule has 6 heteroatoms. The van der Waals surface area contributed by atoms with Gasteiger partial charge in [0.15, 0.2) is 11.5 Å². The number of aliphatic carboxylic acids is 1. The fraction of sp³-hybridized carbons (Fsp3) is 0.435. The van der Waals surface area contributed by atoms with Crippen molar-refractivity contribution < 1.29 is 24.1 Å². The molecule has 2 aromatic rings. The Morgan fingerprint density at radius 1 is 1.10 bits per heavy atom. The molecule has 0 spiro atoms. The van der Waals surface area contributed by atoms with E-state index in [2.05, 4.69) is 17.0 Å². The van der Waals surface area contributed by atoms with Crippen LogP contribution < -0.4 is 14.2 Å². The summed E-state index contributed by atoms with van der Waals surface area (Å²) in [6, 6.07) is 13.9. The first-order valence-corrected chi connectivity index (χ1v) is 9.99. The normalized spacial score (nSPS) is 16.2. The zero-order chi connectivity index (χ0) is 20.8. The maximum absolute atomic E-state index is 11.4. The quantitative estimate of drug-likeness (QED) is 0.724. The summed E-state index contributed by atoms with van der Waals surface area (Å²) in [6.45, 7) is 3.99. The molecular weight excluding hydrogens is 370 g/mol. The predicted molar refractivity (Wildman–Crippen MR) is 111 cm³/mol. The number of hydrogen-bond acceptors (Lipinski definition) is 5. The van der Waals surface area contributed by atoms with Crippen LogP contribution in [0.25, 0.3) is 0 Å². The number of carbonyl (C=O) groups is 1. The summed E-state index contributed by atoms with van der Waals surface area (Å²) >= 11 is 0. The topological polar surface area (TPSA) is 68.2 Å². The predicted octanol–water partition coefficient (Wildman–Crippen LogP) is 3.99. The number of carboxylic acids is 1. The van der Waals surface area contributed by atoms with Gasteiger partial charge in [-0.25, -0.2) is 0 Å². The van der Waals surface area contributed by atoms with Gasteiger partial charge in [0.05, 0.1) is 32.8 Å². The van der Waals surface area contributed by atoms with E-state index in [0.717, 1.165) is 16.9 Å². The highest BCUT2D eigenvalue weighted by molar-refractivity contribution is 5.70. The molecule has 0 radical (unpaired) electrons. The summed E-state index contributed by atoms with van der Waals surface area (Å²) in [4.78, 5) is 13.7. The van der Waals surface area contributed by atoms with E-state index in [1.54, 1.807) is 14.2 Å². The lowest BCUT2D eigenvalue weighted by molar-refractivity contribution is -0.143. The van der Waals surface area contributed by atoms with Gasteiger partial charge in [-0.3, -0.25) is 9.69 Å². The van der Waals surface area contributed by atoms with Crippen molar-refractivity contribution in [2.75, 3.05) is 33.9 Å². The molecule has 1 atom stereocenters. The van der Waals surface area contributed by atoms with Crippen LogP contribution in [0.5, 0.6) is 17.2 Å². The second-order valence-corrected chi connectivity index (χ2v) is 7.14. The van der Waals surface area contributed by atoms with Crippen LogP contribution in [0.3, 0.4) is 0 Å². The third-order valence-corrected chi connectivity index (χ3v) is 5.48. The van der Waals surface area contributed by atoms with Crippen LogP contribution in [0.15, 0.2) is 42.5 Å². The van der Waals surface area contributed by atoms with Crippen molar-refractivity contribution in [2.45, 2.75) is 25.8 Å². The third-order valence-electron chi connectivity index (χ3n) is 5.48. The monoisotopic (exact) mass is 399 g/mol. The van der Waals surface area contributed by atoms with Crippen LogP contribution >= 0.6 is 0 Å². The van der Waals surface area contributed by atoms with Crippen LogP contribution in [0, 0.1) is 5.92 Å². The minimum atomic E-state index is -0.707. The van der Waals surface area contributed by atoms with Gasteiger partial charge in [0.2, 0.25) is 0 Å². The van der Waals surface area contributed by atoms with Gasteiger partial charge in [0.1, 0.15) is 5.75 Å². The van der Waals surface area contributed by atoms with Gasteiger partial charge >= 0.3 is 5.97 Å². The van der Waals surface area contributed by atoms with Crippen molar-refractivity contribution in [3.05, 3.63) is 53.6 Å². The van der Waals surface area contributed by atoms with E-state index in [0.29, 0.717) is 44.0 Å². The van der Waals surface area contributed by atoms with Crippen molar-refractivity contribution in [1.29, 1.82) is 0 Å². The Labute approximate surface area is 172 Å². The van der Waals surface area contributed by atoms with Crippen molar-refractivity contribution in [1.82, 2.24) is 4.90 Å². The summed E-state index contributed by atoms with van der Waals surface area (Å²) < 4.78 is 16.8. The van der Waals surface area contributed by atoms with E-state index in [9.17, 15) is 9.90 Å². The smallest absolute Gasteiger partial charge is 0.306 e. The summed E-state index contributed by atoms with van der Waals surface area (Å²) in [7, 11) is 3.28. The summed E-state index contributed by atoms with van der Waals surface area (Å²) in [5, 5.41) is 9.36. The van der Waals surface area contributed by atoms with Gasteiger partial charge in [-0.15, -0.1) is 0 Å². The molecule has 0 saturated carbocycles. The SMILES string of the molecule is CCOc1ccc(C(c2cccc(OC)c2OC)N2CCC(C(=O)O)CC2)cc1. The first-order valence-electron chi connectivity index (χ1n) is 9.99. The molecule has 0 aromatic heterocycles. The molecule has 1 aliphatic heterocycles. The molecule has 2 aromatic carbocycles. The van der Waals surface area contributed by atoms with Gasteiger partial charge in [-0.05, 0) is 56.6 Å². The van der Waals surface area contributed by atoms with Crippen LogP contribution in [-0.4, -0.2) is 49.9 Å². The molecule has 1 saturated heterocycles. The zero-order valence-corrected chi connectivity index (χ0v) is 17.3. The molecule has 29 heavy (non-hydrogen) atoms. The number of ether oxygens (including phenoxy) is 3. The molecular formula is C23H29NO5. The van der Waals surface area contributed by atoms with Crippen LogP contribution in [0.4, 0.5) is 0 Å². The van der Waals surface area contributed by atoms with E-state index < -0.39 is 5.97 Å². The summed E-state index contributed by atoms with van der Waals surface area (Å²) in [5.74, 6) is 1.23. The Hall–Kier alpha value is -2.73. The molecule has 3 rings (SSSR count). The number of para-hydroxylation sites is 1. The summed E-state index contributed by atoms with van der Waals surface area (Å²) in [5.41, 5.74) is 2.11. The molecule has 156 valence electrons. The van der Waals surface area contributed by atoms with E-state index in [1.807, 2.05) is 37.3 Å². The molecule has 1 unspecified atom stereocenters. The average Bonchev–Trinajstić information content (AvgIpc) is 2.75. The van der Waals surface area contributed by atoms with Crippen LogP contribution in [0.1, 0.15) is 36.9 Å². The lowest BCUT2D eigenvalue weighted by Crippen LogP contribution is -2.39. The minimum Gasteiger partial charge on any atom is -0.494 e. The van der Waals surface area contributed by atoms with Crippen molar-refractivity contribution in [3.63, 3.8) is 0 Å². The number of likely N-dealkylation sites (tertiary alicyclic amines) is 1. The minimum absolute atomic E-state index is 0.0644. The first kappa shape index (κ1) is 21.0. The molecule has 1 fully saturated rings. The average molecular weight is 399 g/mol. The molecule has 0 aliphatic carbocycles. The molecule has 1 heterocycles. The standard InChI is InChI=1S/C23H29NO5/c1-4-29-18-10-8-16(9-11-18)21(24-14-12-17(13-15-24)23(25)26)19-6-5-7-20(27-2)22(19)28-3/h5-11,17,21H,4,12-15H2,1-3H3,(H,25,26). The third kappa shape index (κ3) is 4.65. The Morgan fingerprint density at radius 2 is 1.79 bits per heavy atom. The van der Waals surface area contributed by atoms with Crippen molar-refractivity contribution in [3.8, 4) is 17.2 Å². The second-order valence-electron chi connectivity index (χ2n) is 7.14. The van der Waals surface area contributed by atoms with E-state index in [4.69, 9.17) is 14.2 Å². The number of rotatable bonds is 8. The molecule has 6 nitrogen and oxygen atoms in total. The fourth-order valence-electron chi connectivity index (χ4n) is 4.03. The lowest BCUT2D eigenvalue weighted by Gasteiger charge is -2.37. The molecule has 0 bridgehead atoms. The van der Waals surface area contributed by atoms with Gasteiger partial charge < -0.3 is 19.3 Å². The molecule has 1 N–H and O–H groups in total. The molecule has 1 aliphatic rings. The van der Waals surface area contributed by atoms with Crippen molar-refractivity contribution in [2.24, 2.45) is 5.92 Å². The Balaban J connectivity index is 2.00. The number of methoxy groups -OCH3 is 2. The van der Waals surface area contributed by atoms with Gasteiger partial charge in [-0.1, -0.05) is 24.3 Å². The highest BCUT2D eigenvalue weighted by atomic mass is 16.5. The Bertz CT molecular complexity index is 813. The number of benzene rings is 2. The van der Waals surface area contributed by atoms with Crippen LogP contribution in [-0.2, 0) is 4.79 Å². The van der Waals surface area contributed by atoms with E-state index in [-0.39, 0.29) is 12.0 Å². The maximum atomic E-state index is 11.4. The number of piperidine rings is 1. The highest BCUT2D eigenvalue weighted by Crippen LogP contribution is 2.41. The van der Waals surface area contributed by atoms with Crippen LogP contribution in [0.2, 0.25) is 0 Å². The largest absolute Gasteiger partial charge is 0.494 e. The van der Waals surface area contributed by atoms with Gasteiger partial charge in [0, 0.05) is 5.56 Å². The maximum Gasteiger partial charge on any atom is 0.306 e. The molecule has 0 amide bonds. The lowest BCUT2D eigenvalue weighted by atomic mass is 9.90. The zero-order valence-electron chi connectivity index (χ0n) is 17.3. The highest BCUT2D eigenvalue weighted by Gasteiger charge is 2.32. The number of nitrogens with zero attached hydrogens (tertiary/aromatic N) is 1.